The van der Waals surface area contributed by atoms with Crippen LogP contribution in [0.25, 0.3) is 6.08 Å². The van der Waals surface area contributed by atoms with E-state index >= 15 is 0 Å². The second-order valence-electron chi connectivity index (χ2n) is 8.99. The third-order valence-corrected chi connectivity index (χ3v) is 6.26. The molecule has 178 valence electrons. The molecule has 1 saturated heterocycles. The average molecular weight is 442 g/mol. The van der Waals surface area contributed by atoms with Crippen LogP contribution < -0.4 is 0 Å². The number of amides is 1. The lowest BCUT2D eigenvalue weighted by Crippen LogP contribution is -2.27. The first-order chi connectivity index (χ1) is 15.6. The number of likely N-dealkylation sites (tertiary alicyclic amines) is 1. The molecular formula is C28H43NO3. The first kappa shape index (κ1) is 26.3. The van der Waals surface area contributed by atoms with Crippen LogP contribution in [0.4, 0.5) is 0 Å². The molecule has 0 aromatic heterocycles. The number of aliphatic hydroxyl groups is 2. The summed E-state index contributed by atoms with van der Waals surface area (Å²) < 4.78 is 0. The number of unbranched alkanes of at least 4 members (excludes halogenated alkanes) is 5. The number of nitrogens with zero attached hydrogens (tertiary/aromatic N) is 1. The molecule has 2 unspecified atom stereocenters. The van der Waals surface area contributed by atoms with Gasteiger partial charge in [-0.25, -0.2) is 0 Å². The van der Waals surface area contributed by atoms with Gasteiger partial charge in [0.2, 0.25) is 5.91 Å². The van der Waals surface area contributed by atoms with Crippen molar-refractivity contribution in [3.63, 3.8) is 0 Å². The molecular weight excluding hydrogens is 398 g/mol. The summed E-state index contributed by atoms with van der Waals surface area (Å²) in [5.74, 6) is 0.215. The first-order valence-corrected chi connectivity index (χ1v) is 12.7. The van der Waals surface area contributed by atoms with Gasteiger partial charge in [-0.1, -0.05) is 94.0 Å². The summed E-state index contributed by atoms with van der Waals surface area (Å²) in [6.07, 6.45) is 18.8. The molecule has 0 radical (unpaired) electrons. The van der Waals surface area contributed by atoms with Crippen LogP contribution in [0.5, 0.6) is 0 Å². The summed E-state index contributed by atoms with van der Waals surface area (Å²) in [6.45, 7) is 3.99. The number of aliphatic hydroxyl groups excluding tert-OH is 2. The molecule has 0 aliphatic carbocycles. The molecule has 4 nitrogen and oxygen atoms in total. The largest absolute Gasteiger partial charge is 0.389 e. The van der Waals surface area contributed by atoms with E-state index in [9.17, 15) is 15.0 Å². The highest BCUT2D eigenvalue weighted by atomic mass is 16.3. The van der Waals surface area contributed by atoms with E-state index in [1.807, 2.05) is 53.5 Å². The molecule has 0 spiro atoms. The van der Waals surface area contributed by atoms with Crippen LogP contribution in [0, 0.1) is 0 Å². The molecule has 0 saturated carbocycles. The van der Waals surface area contributed by atoms with E-state index in [0.717, 1.165) is 49.9 Å². The third kappa shape index (κ3) is 10.1. The van der Waals surface area contributed by atoms with E-state index in [0.29, 0.717) is 19.3 Å². The van der Waals surface area contributed by atoms with Gasteiger partial charge in [-0.2, -0.15) is 0 Å². The predicted molar refractivity (Wildman–Crippen MR) is 133 cm³/mol. The van der Waals surface area contributed by atoms with E-state index in [-0.39, 0.29) is 5.91 Å². The average Bonchev–Trinajstić information content (AvgIpc) is 3.34. The Kier molecular flexibility index (Phi) is 13.0. The Morgan fingerprint density at radius 2 is 1.69 bits per heavy atom. The fourth-order valence-corrected chi connectivity index (χ4v) is 4.27. The minimum Gasteiger partial charge on any atom is -0.389 e. The maximum absolute atomic E-state index is 12.2. The highest BCUT2D eigenvalue weighted by molar-refractivity contribution is 5.76. The summed E-state index contributed by atoms with van der Waals surface area (Å²) in [6, 6.07) is 7.84. The zero-order valence-electron chi connectivity index (χ0n) is 19.9. The van der Waals surface area contributed by atoms with Crippen molar-refractivity contribution in [2.75, 3.05) is 13.1 Å². The number of hydrogen-bond donors (Lipinski definition) is 2. The summed E-state index contributed by atoms with van der Waals surface area (Å²) in [7, 11) is 0. The quantitative estimate of drug-likeness (QED) is 0.252. The van der Waals surface area contributed by atoms with Crippen LogP contribution in [0.2, 0.25) is 0 Å². The molecule has 1 fully saturated rings. The number of benzene rings is 1. The lowest BCUT2D eigenvalue weighted by atomic mass is 9.98. The van der Waals surface area contributed by atoms with Crippen LogP contribution in [0.15, 0.2) is 42.5 Å². The van der Waals surface area contributed by atoms with Crippen molar-refractivity contribution in [2.24, 2.45) is 0 Å². The lowest BCUT2D eigenvalue weighted by molar-refractivity contribution is -0.130. The van der Waals surface area contributed by atoms with Gasteiger partial charge in [0, 0.05) is 19.5 Å². The van der Waals surface area contributed by atoms with Crippen molar-refractivity contribution in [1.29, 1.82) is 0 Å². The number of hydrogen-bond acceptors (Lipinski definition) is 3. The molecule has 1 heterocycles. The van der Waals surface area contributed by atoms with Gasteiger partial charge in [0.25, 0.3) is 0 Å². The van der Waals surface area contributed by atoms with Crippen molar-refractivity contribution < 1.29 is 15.0 Å². The Bertz CT molecular complexity index is 706. The Hall–Kier alpha value is -1.91. The Morgan fingerprint density at radius 1 is 0.969 bits per heavy atom. The molecule has 32 heavy (non-hydrogen) atoms. The molecule has 0 bridgehead atoms. The fourth-order valence-electron chi connectivity index (χ4n) is 4.27. The van der Waals surface area contributed by atoms with Gasteiger partial charge in [-0.3, -0.25) is 4.79 Å². The highest BCUT2D eigenvalue weighted by Crippen LogP contribution is 2.24. The second-order valence-corrected chi connectivity index (χ2v) is 8.99. The molecule has 4 heteroatoms. The van der Waals surface area contributed by atoms with Crippen molar-refractivity contribution in [2.45, 2.75) is 96.2 Å². The van der Waals surface area contributed by atoms with Gasteiger partial charge in [0.1, 0.15) is 0 Å². The Morgan fingerprint density at radius 3 is 2.47 bits per heavy atom. The van der Waals surface area contributed by atoms with Gasteiger partial charge in [-0.15, -0.1) is 0 Å². The van der Waals surface area contributed by atoms with Crippen LogP contribution in [0.1, 0.15) is 101 Å². The normalized spacial score (nSPS) is 16.3. The molecule has 2 rings (SSSR count). The van der Waals surface area contributed by atoms with Gasteiger partial charge < -0.3 is 15.1 Å². The van der Waals surface area contributed by atoms with Gasteiger partial charge in [-0.05, 0) is 43.2 Å². The maximum atomic E-state index is 12.2. The van der Waals surface area contributed by atoms with Crippen molar-refractivity contribution in [3.8, 4) is 0 Å². The summed E-state index contributed by atoms with van der Waals surface area (Å²) in [5, 5.41) is 20.8. The van der Waals surface area contributed by atoms with Gasteiger partial charge in [0.15, 0.2) is 0 Å². The summed E-state index contributed by atoms with van der Waals surface area (Å²) in [4.78, 5) is 14.1. The number of carbonyl (C=O) groups is 1. The predicted octanol–water partition coefficient (Wildman–Crippen LogP) is 6.19. The number of carbonyl (C=O) groups excluding carboxylic acids is 1. The lowest BCUT2D eigenvalue weighted by Gasteiger charge is -2.17. The Labute approximate surface area is 195 Å². The smallest absolute Gasteiger partial charge is 0.222 e. The highest BCUT2D eigenvalue weighted by Gasteiger charge is 2.18. The van der Waals surface area contributed by atoms with E-state index < -0.39 is 12.2 Å². The maximum Gasteiger partial charge on any atom is 0.222 e. The Balaban J connectivity index is 1.74. The number of allylic oxidation sites excluding steroid dienone is 2. The zero-order chi connectivity index (χ0) is 23.0. The van der Waals surface area contributed by atoms with Crippen LogP contribution in [-0.4, -0.2) is 40.2 Å². The van der Waals surface area contributed by atoms with Crippen molar-refractivity contribution in [1.82, 2.24) is 4.90 Å². The molecule has 2 N–H and O–H groups in total. The van der Waals surface area contributed by atoms with Crippen molar-refractivity contribution in [3.05, 3.63) is 53.6 Å². The van der Waals surface area contributed by atoms with Crippen LogP contribution in [-0.2, 0) is 4.79 Å². The summed E-state index contributed by atoms with van der Waals surface area (Å²) in [5.41, 5.74) is 1.86. The molecule has 1 aliphatic rings. The molecule has 2 atom stereocenters. The van der Waals surface area contributed by atoms with Crippen LogP contribution in [0.3, 0.4) is 0 Å². The first-order valence-electron chi connectivity index (χ1n) is 12.7. The molecule has 1 aromatic carbocycles. The molecule has 1 aliphatic heterocycles. The van der Waals surface area contributed by atoms with E-state index in [4.69, 9.17) is 0 Å². The van der Waals surface area contributed by atoms with Gasteiger partial charge >= 0.3 is 0 Å². The van der Waals surface area contributed by atoms with Crippen molar-refractivity contribution >= 4 is 12.0 Å². The third-order valence-electron chi connectivity index (χ3n) is 6.26. The fraction of sp³-hybridized carbons (Fsp3) is 0.607. The zero-order valence-corrected chi connectivity index (χ0v) is 19.9. The monoisotopic (exact) mass is 441 g/mol. The van der Waals surface area contributed by atoms with E-state index in [1.54, 1.807) is 0 Å². The minimum atomic E-state index is -0.579. The van der Waals surface area contributed by atoms with E-state index in [2.05, 4.69) is 6.92 Å². The minimum absolute atomic E-state index is 0.215. The summed E-state index contributed by atoms with van der Waals surface area (Å²) >= 11 is 0. The molecule has 1 aromatic rings. The topological polar surface area (TPSA) is 60.8 Å². The second kappa shape index (κ2) is 15.8. The molecule has 1 amide bonds. The number of rotatable bonds is 15. The van der Waals surface area contributed by atoms with Gasteiger partial charge in [0.05, 0.1) is 12.2 Å². The standard InChI is InChI=1S/C28H43NO3/c1-2-3-4-5-6-7-17-25(30)18-10-8-15-24-16-9-11-19-26(24)27(31)20-14-21-28(32)29-22-12-13-23-29/h8-11,15-16,18-19,25,27,30-31H,2-7,12-14,17,20-23H2,1H3/b15-8+,18-10+. The van der Waals surface area contributed by atoms with E-state index in [1.165, 1.54) is 32.1 Å². The SMILES string of the molecule is CCCCCCCCC(O)/C=C/C=C/c1ccccc1C(O)CCCC(=O)N1CCCC1. The van der Waals surface area contributed by atoms with Crippen LogP contribution >= 0.6 is 0 Å².